The molecule has 0 aliphatic heterocycles. The molecule has 0 saturated carbocycles. The molecule has 0 fully saturated rings. The molecule has 27 heavy (non-hydrogen) atoms. The Morgan fingerprint density at radius 1 is 1.22 bits per heavy atom. The molecular formula is C20H18N4O2S. The van der Waals surface area contributed by atoms with Crippen LogP contribution < -0.4 is 10.3 Å². The summed E-state index contributed by atoms with van der Waals surface area (Å²) >= 11 is 1.52. The van der Waals surface area contributed by atoms with Gasteiger partial charge in [-0.1, -0.05) is 30.0 Å². The summed E-state index contributed by atoms with van der Waals surface area (Å²) in [6, 6.07) is 13.4. The lowest BCUT2D eigenvalue weighted by Crippen LogP contribution is -2.12. The van der Waals surface area contributed by atoms with E-state index in [9.17, 15) is 4.79 Å². The second kappa shape index (κ2) is 7.28. The first-order valence-electron chi connectivity index (χ1n) is 8.45. The topological polar surface area (TPSA) is 72.8 Å². The predicted molar refractivity (Wildman–Crippen MR) is 107 cm³/mol. The number of imidazole rings is 1. The number of nitrogens with zero attached hydrogens (tertiary/aromatic N) is 3. The molecular weight excluding hydrogens is 360 g/mol. The first-order chi connectivity index (χ1) is 13.2. The summed E-state index contributed by atoms with van der Waals surface area (Å²) in [5, 5.41) is 1.43. The SMILES string of the molecule is COc1cccc(-n2ccnc2SCc2nc3c(C)cccc3c(=O)[nH]2)c1. The number of fused-ring (bicyclic) bond motifs is 1. The summed E-state index contributed by atoms with van der Waals surface area (Å²) < 4.78 is 7.28. The fourth-order valence-corrected chi connectivity index (χ4v) is 3.75. The van der Waals surface area contributed by atoms with Gasteiger partial charge in [-0.05, 0) is 30.7 Å². The van der Waals surface area contributed by atoms with E-state index in [1.807, 2.05) is 54.1 Å². The molecule has 2 aromatic heterocycles. The fourth-order valence-electron chi connectivity index (χ4n) is 2.91. The van der Waals surface area contributed by atoms with E-state index in [2.05, 4.69) is 15.0 Å². The molecule has 2 heterocycles. The number of benzene rings is 2. The van der Waals surface area contributed by atoms with Crippen LogP contribution in [0.25, 0.3) is 16.6 Å². The Morgan fingerprint density at radius 3 is 2.93 bits per heavy atom. The molecule has 0 atom stereocenters. The normalized spacial score (nSPS) is 11.0. The number of hydrogen-bond donors (Lipinski definition) is 1. The van der Waals surface area contributed by atoms with Crippen molar-refractivity contribution in [1.29, 1.82) is 0 Å². The van der Waals surface area contributed by atoms with E-state index in [1.165, 1.54) is 11.8 Å². The molecule has 4 rings (SSSR count). The Balaban J connectivity index is 1.62. The van der Waals surface area contributed by atoms with Gasteiger partial charge in [0.05, 0.1) is 29.5 Å². The highest BCUT2D eigenvalue weighted by Gasteiger charge is 2.10. The van der Waals surface area contributed by atoms with Crippen molar-refractivity contribution in [2.75, 3.05) is 7.11 Å². The average molecular weight is 378 g/mol. The summed E-state index contributed by atoms with van der Waals surface area (Å²) in [5.41, 5.74) is 2.58. The number of rotatable bonds is 5. The lowest BCUT2D eigenvalue weighted by molar-refractivity contribution is 0.414. The van der Waals surface area contributed by atoms with Crippen LogP contribution in [0.4, 0.5) is 0 Å². The molecule has 6 nitrogen and oxygen atoms in total. The molecule has 0 unspecified atom stereocenters. The van der Waals surface area contributed by atoms with Gasteiger partial charge in [0, 0.05) is 18.5 Å². The van der Waals surface area contributed by atoms with Gasteiger partial charge >= 0.3 is 0 Å². The van der Waals surface area contributed by atoms with Crippen LogP contribution >= 0.6 is 11.8 Å². The minimum atomic E-state index is -0.115. The van der Waals surface area contributed by atoms with Gasteiger partial charge in [-0.3, -0.25) is 9.36 Å². The van der Waals surface area contributed by atoms with E-state index >= 15 is 0 Å². The Morgan fingerprint density at radius 2 is 2.07 bits per heavy atom. The number of hydrogen-bond acceptors (Lipinski definition) is 5. The van der Waals surface area contributed by atoms with Crippen molar-refractivity contribution in [1.82, 2.24) is 19.5 Å². The molecule has 1 N–H and O–H groups in total. The molecule has 0 amide bonds. The Bertz CT molecular complexity index is 1170. The van der Waals surface area contributed by atoms with E-state index in [0.717, 1.165) is 27.7 Å². The lowest BCUT2D eigenvalue weighted by atomic mass is 10.1. The first kappa shape index (κ1) is 17.4. The van der Waals surface area contributed by atoms with Gasteiger partial charge in [0.15, 0.2) is 5.16 Å². The van der Waals surface area contributed by atoms with Gasteiger partial charge in [0.1, 0.15) is 11.6 Å². The molecule has 7 heteroatoms. The highest BCUT2D eigenvalue weighted by Crippen LogP contribution is 2.25. The van der Waals surface area contributed by atoms with Crippen LogP contribution in [-0.2, 0) is 5.75 Å². The molecule has 0 saturated heterocycles. The van der Waals surface area contributed by atoms with Crippen LogP contribution in [0.5, 0.6) is 5.75 Å². The van der Waals surface area contributed by atoms with Crippen LogP contribution in [0, 0.1) is 6.92 Å². The Hall–Kier alpha value is -3.06. The number of H-pyrrole nitrogens is 1. The third-order valence-electron chi connectivity index (χ3n) is 4.26. The summed E-state index contributed by atoms with van der Waals surface area (Å²) in [4.78, 5) is 24.3. The number of aryl methyl sites for hydroxylation is 1. The van der Waals surface area contributed by atoms with E-state index in [1.54, 1.807) is 19.4 Å². The highest BCUT2D eigenvalue weighted by molar-refractivity contribution is 7.98. The van der Waals surface area contributed by atoms with E-state index < -0.39 is 0 Å². The predicted octanol–water partition coefficient (Wildman–Crippen LogP) is 3.72. The quantitative estimate of drug-likeness (QED) is 0.536. The fraction of sp³-hybridized carbons (Fsp3) is 0.150. The number of thioether (sulfide) groups is 1. The molecule has 0 bridgehead atoms. The number of ether oxygens (including phenoxy) is 1. The number of methoxy groups -OCH3 is 1. The van der Waals surface area contributed by atoms with Gasteiger partial charge in [0.2, 0.25) is 0 Å². The van der Waals surface area contributed by atoms with Crippen molar-refractivity contribution in [3.05, 3.63) is 76.6 Å². The largest absolute Gasteiger partial charge is 0.497 e. The second-order valence-electron chi connectivity index (χ2n) is 6.05. The van der Waals surface area contributed by atoms with Gasteiger partial charge in [-0.15, -0.1) is 0 Å². The number of nitrogens with one attached hydrogen (secondary N) is 1. The van der Waals surface area contributed by atoms with Crippen LogP contribution in [0.2, 0.25) is 0 Å². The Kier molecular flexibility index (Phi) is 4.68. The summed E-state index contributed by atoms with van der Waals surface area (Å²) in [6.45, 7) is 1.96. The van der Waals surface area contributed by atoms with Crippen molar-refractivity contribution in [3.63, 3.8) is 0 Å². The monoisotopic (exact) mass is 378 g/mol. The smallest absolute Gasteiger partial charge is 0.258 e. The van der Waals surface area contributed by atoms with Gasteiger partial charge in [-0.2, -0.15) is 0 Å². The van der Waals surface area contributed by atoms with E-state index in [0.29, 0.717) is 17.0 Å². The maximum atomic E-state index is 12.3. The molecule has 136 valence electrons. The van der Waals surface area contributed by atoms with Crippen LogP contribution in [0.3, 0.4) is 0 Å². The number of aromatic nitrogens is 4. The summed E-state index contributed by atoms with van der Waals surface area (Å²) in [6.07, 6.45) is 3.65. The van der Waals surface area contributed by atoms with Crippen molar-refractivity contribution < 1.29 is 4.74 Å². The van der Waals surface area contributed by atoms with Crippen LogP contribution in [-0.4, -0.2) is 26.6 Å². The zero-order valence-corrected chi connectivity index (χ0v) is 15.8. The van der Waals surface area contributed by atoms with Crippen molar-refractivity contribution in [2.24, 2.45) is 0 Å². The van der Waals surface area contributed by atoms with Crippen molar-refractivity contribution in [3.8, 4) is 11.4 Å². The van der Waals surface area contributed by atoms with Gasteiger partial charge in [0.25, 0.3) is 5.56 Å². The molecule has 0 aliphatic rings. The zero-order valence-electron chi connectivity index (χ0n) is 15.0. The summed E-state index contributed by atoms with van der Waals surface area (Å²) in [5.74, 6) is 1.93. The van der Waals surface area contributed by atoms with E-state index in [4.69, 9.17) is 4.74 Å². The second-order valence-corrected chi connectivity index (χ2v) is 7.00. The highest BCUT2D eigenvalue weighted by atomic mass is 32.2. The Labute approximate surface area is 160 Å². The van der Waals surface area contributed by atoms with Crippen molar-refractivity contribution >= 4 is 22.7 Å². The lowest BCUT2D eigenvalue weighted by Gasteiger charge is -2.09. The van der Waals surface area contributed by atoms with Gasteiger partial charge < -0.3 is 9.72 Å². The molecule has 0 spiro atoms. The average Bonchev–Trinajstić information content (AvgIpc) is 3.16. The van der Waals surface area contributed by atoms with E-state index in [-0.39, 0.29) is 5.56 Å². The third kappa shape index (κ3) is 3.46. The maximum absolute atomic E-state index is 12.3. The third-order valence-corrected chi connectivity index (χ3v) is 5.24. The minimum Gasteiger partial charge on any atom is -0.497 e. The maximum Gasteiger partial charge on any atom is 0.258 e. The molecule has 0 radical (unpaired) electrons. The van der Waals surface area contributed by atoms with Crippen LogP contribution in [0.15, 0.2) is 64.8 Å². The first-order valence-corrected chi connectivity index (χ1v) is 9.43. The van der Waals surface area contributed by atoms with Crippen LogP contribution in [0.1, 0.15) is 11.4 Å². The molecule has 4 aromatic rings. The summed E-state index contributed by atoms with van der Waals surface area (Å²) in [7, 11) is 1.65. The standard InChI is InChI=1S/C20H18N4O2S/c1-13-5-3-8-16-18(13)22-17(23-19(16)25)12-27-20-21-9-10-24(20)14-6-4-7-15(11-14)26-2/h3-11H,12H2,1-2H3,(H,22,23,25). The molecule has 0 aliphatic carbocycles. The minimum absolute atomic E-state index is 0.115. The van der Waals surface area contributed by atoms with Crippen molar-refractivity contribution in [2.45, 2.75) is 17.8 Å². The number of aromatic amines is 1. The number of para-hydroxylation sites is 1. The zero-order chi connectivity index (χ0) is 18.8. The molecule has 2 aromatic carbocycles. The van der Waals surface area contributed by atoms with Gasteiger partial charge in [-0.25, -0.2) is 9.97 Å².